The first-order chi connectivity index (χ1) is 11.7. The minimum Gasteiger partial charge on any atom is -0.507 e. The SMILES string of the molecule is Oc1cc2cccnc2cc1-c1cc(F)cnc1Cc1nnco1. The molecule has 4 rings (SSSR count). The molecule has 7 heteroatoms. The molecule has 0 saturated heterocycles. The van der Waals surface area contributed by atoms with Crippen LogP contribution in [0.5, 0.6) is 5.75 Å². The molecule has 118 valence electrons. The summed E-state index contributed by atoms with van der Waals surface area (Å²) in [6.07, 6.45) is 4.23. The van der Waals surface area contributed by atoms with Crippen LogP contribution in [0, 0.1) is 5.82 Å². The molecule has 0 unspecified atom stereocenters. The van der Waals surface area contributed by atoms with Crippen LogP contribution >= 0.6 is 0 Å². The largest absolute Gasteiger partial charge is 0.507 e. The first-order valence-electron chi connectivity index (χ1n) is 7.18. The number of phenolic OH excluding ortho intramolecular Hbond substituents is 1. The van der Waals surface area contributed by atoms with Crippen LogP contribution in [0.4, 0.5) is 4.39 Å². The van der Waals surface area contributed by atoms with Crippen LogP contribution in [-0.2, 0) is 6.42 Å². The average molecular weight is 322 g/mol. The van der Waals surface area contributed by atoms with Crippen molar-refractivity contribution in [3.05, 3.63) is 66.5 Å². The second-order valence-electron chi connectivity index (χ2n) is 5.22. The third-order valence-corrected chi connectivity index (χ3v) is 3.67. The Morgan fingerprint density at radius 1 is 1.12 bits per heavy atom. The van der Waals surface area contributed by atoms with E-state index in [1.165, 1.54) is 12.5 Å². The van der Waals surface area contributed by atoms with Gasteiger partial charge >= 0.3 is 0 Å². The number of nitrogens with zero attached hydrogens (tertiary/aromatic N) is 4. The van der Waals surface area contributed by atoms with E-state index < -0.39 is 5.82 Å². The number of phenols is 1. The van der Waals surface area contributed by atoms with Crippen LogP contribution in [0.1, 0.15) is 11.6 Å². The van der Waals surface area contributed by atoms with Crippen molar-refractivity contribution in [3.8, 4) is 16.9 Å². The summed E-state index contributed by atoms with van der Waals surface area (Å²) >= 11 is 0. The van der Waals surface area contributed by atoms with Gasteiger partial charge in [0.05, 0.1) is 23.8 Å². The van der Waals surface area contributed by atoms with Crippen molar-refractivity contribution in [2.75, 3.05) is 0 Å². The van der Waals surface area contributed by atoms with Gasteiger partial charge in [-0.2, -0.15) is 0 Å². The number of rotatable bonds is 3. The number of fused-ring (bicyclic) bond motifs is 1. The summed E-state index contributed by atoms with van der Waals surface area (Å²) in [7, 11) is 0. The van der Waals surface area contributed by atoms with Crippen LogP contribution in [0.2, 0.25) is 0 Å². The van der Waals surface area contributed by atoms with Gasteiger partial charge in [-0.15, -0.1) is 10.2 Å². The normalized spacial score (nSPS) is 11.0. The number of benzene rings is 1. The Bertz CT molecular complexity index is 1020. The van der Waals surface area contributed by atoms with Crippen molar-refractivity contribution in [1.29, 1.82) is 0 Å². The van der Waals surface area contributed by atoms with Gasteiger partial charge < -0.3 is 9.52 Å². The highest BCUT2D eigenvalue weighted by Crippen LogP contribution is 2.35. The average Bonchev–Trinajstić information content (AvgIpc) is 3.09. The van der Waals surface area contributed by atoms with Gasteiger partial charge in [-0.05, 0) is 24.3 Å². The zero-order chi connectivity index (χ0) is 16.5. The van der Waals surface area contributed by atoms with E-state index in [0.29, 0.717) is 28.2 Å². The molecule has 3 aromatic heterocycles. The molecule has 0 saturated carbocycles. The van der Waals surface area contributed by atoms with Gasteiger partial charge in [0.25, 0.3) is 0 Å². The van der Waals surface area contributed by atoms with Crippen molar-refractivity contribution >= 4 is 10.9 Å². The van der Waals surface area contributed by atoms with E-state index in [2.05, 4.69) is 20.2 Å². The molecule has 0 aliphatic carbocycles. The summed E-state index contributed by atoms with van der Waals surface area (Å²) in [4.78, 5) is 8.39. The van der Waals surface area contributed by atoms with E-state index in [9.17, 15) is 9.50 Å². The molecule has 0 aliphatic heterocycles. The van der Waals surface area contributed by atoms with E-state index in [4.69, 9.17) is 4.42 Å². The molecular weight excluding hydrogens is 311 g/mol. The molecule has 0 bridgehead atoms. The van der Waals surface area contributed by atoms with Crippen molar-refractivity contribution in [3.63, 3.8) is 0 Å². The van der Waals surface area contributed by atoms with Gasteiger partial charge in [0.2, 0.25) is 12.3 Å². The molecule has 1 aromatic carbocycles. The van der Waals surface area contributed by atoms with E-state index in [0.717, 1.165) is 11.6 Å². The van der Waals surface area contributed by atoms with Crippen LogP contribution in [0.3, 0.4) is 0 Å². The summed E-state index contributed by atoms with van der Waals surface area (Å²) in [6.45, 7) is 0. The molecule has 4 aromatic rings. The highest BCUT2D eigenvalue weighted by molar-refractivity contribution is 5.88. The molecule has 0 spiro atoms. The first kappa shape index (κ1) is 14.3. The van der Waals surface area contributed by atoms with Crippen molar-refractivity contribution in [1.82, 2.24) is 20.2 Å². The quantitative estimate of drug-likeness (QED) is 0.624. The minimum atomic E-state index is -0.500. The maximum Gasteiger partial charge on any atom is 0.222 e. The molecule has 0 aliphatic rings. The van der Waals surface area contributed by atoms with Crippen LogP contribution in [0.25, 0.3) is 22.0 Å². The highest BCUT2D eigenvalue weighted by atomic mass is 19.1. The van der Waals surface area contributed by atoms with E-state index in [1.807, 2.05) is 6.07 Å². The van der Waals surface area contributed by atoms with Crippen molar-refractivity contribution in [2.45, 2.75) is 6.42 Å². The number of aromatic nitrogens is 4. The Balaban J connectivity index is 1.89. The fourth-order valence-electron chi connectivity index (χ4n) is 2.58. The summed E-state index contributed by atoms with van der Waals surface area (Å²) in [5.41, 5.74) is 2.12. The second-order valence-corrected chi connectivity index (χ2v) is 5.22. The predicted molar refractivity (Wildman–Crippen MR) is 83.7 cm³/mol. The molecular formula is C17H11FN4O2. The van der Waals surface area contributed by atoms with Crippen LogP contribution in [-0.4, -0.2) is 25.3 Å². The van der Waals surface area contributed by atoms with Gasteiger partial charge in [-0.3, -0.25) is 9.97 Å². The topological polar surface area (TPSA) is 84.9 Å². The number of aromatic hydroxyl groups is 1. The molecule has 1 N–H and O–H groups in total. The second kappa shape index (κ2) is 5.69. The van der Waals surface area contributed by atoms with E-state index >= 15 is 0 Å². The van der Waals surface area contributed by atoms with Crippen LogP contribution in [0.15, 0.2) is 53.5 Å². The zero-order valence-corrected chi connectivity index (χ0v) is 12.3. The van der Waals surface area contributed by atoms with Gasteiger partial charge in [0, 0.05) is 22.7 Å². The molecule has 6 nitrogen and oxygen atoms in total. The summed E-state index contributed by atoms with van der Waals surface area (Å²) in [5, 5.41) is 18.6. The van der Waals surface area contributed by atoms with Crippen molar-refractivity contribution in [2.24, 2.45) is 0 Å². The number of halogens is 1. The Labute approximate surface area is 135 Å². The standard InChI is InChI=1S/C17H11FN4O2/c18-11-5-12(15(20-8-11)7-17-22-21-9-24-17)13-6-14-10(4-16(13)23)2-1-3-19-14/h1-6,8-9,23H,7H2. The van der Waals surface area contributed by atoms with Gasteiger partial charge in [-0.1, -0.05) is 6.07 Å². The Hall–Kier alpha value is -3.35. The monoisotopic (exact) mass is 322 g/mol. The lowest BCUT2D eigenvalue weighted by Crippen LogP contribution is -1.98. The predicted octanol–water partition coefficient (Wildman–Crippen LogP) is 3.12. The third kappa shape index (κ3) is 2.56. The Morgan fingerprint density at radius 3 is 2.88 bits per heavy atom. The molecule has 0 amide bonds. The Morgan fingerprint density at radius 2 is 2.04 bits per heavy atom. The van der Waals surface area contributed by atoms with E-state index in [-0.39, 0.29) is 12.2 Å². The molecule has 24 heavy (non-hydrogen) atoms. The number of pyridine rings is 2. The van der Waals surface area contributed by atoms with E-state index in [1.54, 1.807) is 24.4 Å². The maximum atomic E-state index is 13.7. The lowest BCUT2D eigenvalue weighted by atomic mass is 9.99. The third-order valence-electron chi connectivity index (χ3n) is 3.67. The first-order valence-corrected chi connectivity index (χ1v) is 7.18. The minimum absolute atomic E-state index is 0.0229. The summed E-state index contributed by atoms with van der Waals surface area (Å²) in [5.74, 6) is -0.122. The van der Waals surface area contributed by atoms with Gasteiger partial charge in [0.1, 0.15) is 11.6 Å². The van der Waals surface area contributed by atoms with Crippen LogP contribution < -0.4 is 0 Å². The molecule has 0 atom stereocenters. The zero-order valence-electron chi connectivity index (χ0n) is 12.3. The fourth-order valence-corrected chi connectivity index (χ4v) is 2.58. The summed E-state index contributed by atoms with van der Waals surface area (Å²) < 4.78 is 18.9. The van der Waals surface area contributed by atoms with Crippen molar-refractivity contribution < 1.29 is 13.9 Å². The van der Waals surface area contributed by atoms with Gasteiger partial charge in [0.15, 0.2) is 0 Å². The maximum absolute atomic E-state index is 13.7. The van der Waals surface area contributed by atoms with Gasteiger partial charge in [-0.25, -0.2) is 4.39 Å². The smallest absolute Gasteiger partial charge is 0.222 e. The summed E-state index contributed by atoms with van der Waals surface area (Å²) in [6, 6.07) is 8.25. The number of hydrogen-bond donors (Lipinski definition) is 1. The lowest BCUT2D eigenvalue weighted by molar-refractivity contribution is 0.477. The Kier molecular flexibility index (Phi) is 3.38. The molecule has 0 fully saturated rings. The molecule has 0 radical (unpaired) electrons. The highest BCUT2D eigenvalue weighted by Gasteiger charge is 2.15. The lowest BCUT2D eigenvalue weighted by Gasteiger charge is -2.10. The number of hydrogen-bond acceptors (Lipinski definition) is 6. The fraction of sp³-hybridized carbons (Fsp3) is 0.0588. The molecule has 3 heterocycles.